The molecule has 1 heterocycles. The van der Waals surface area contributed by atoms with E-state index < -0.39 is 5.41 Å². The monoisotopic (exact) mass is 806 g/mol. The van der Waals surface area contributed by atoms with E-state index in [1.54, 1.807) is 0 Å². The van der Waals surface area contributed by atoms with E-state index in [9.17, 15) is 0 Å². The fraction of sp³-hybridized carbons (Fsp3) is 0.0667. The molecule has 63 heavy (non-hydrogen) atoms. The molecule has 0 amide bonds. The quantitative estimate of drug-likeness (QED) is 0.167. The highest BCUT2D eigenvalue weighted by Crippen LogP contribution is 2.67. The maximum atomic E-state index is 7.27. The van der Waals surface area contributed by atoms with Crippen molar-refractivity contribution in [3.05, 3.63) is 252 Å². The molecular formula is C60H42N2O. The molecular weight excluding hydrogens is 765 g/mol. The molecule has 0 aliphatic heterocycles. The second-order valence-corrected chi connectivity index (χ2v) is 17.6. The van der Waals surface area contributed by atoms with Crippen LogP contribution in [0, 0.1) is 0 Å². The van der Waals surface area contributed by atoms with Crippen molar-refractivity contribution in [2.24, 2.45) is 0 Å². The molecule has 1 atom stereocenters. The molecule has 3 aliphatic rings. The molecule has 0 N–H and O–H groups in total. The highest BCUT2D eigenvalue weighted by atomic mass is 16.3. The summed E-state index contributed by atoms with van der Waals surface area (Å²) in [5, 5.41) is 1.12. The smallest absolute Gasteiger partial charge is 0.135 e. The van der Waals surface area contributed by atoms with Crippen LogP contribution in [0.2, 0.25) is 0 Å². The number of rotatable bonds is 6. The molecule has 10 aromatic rings. The minimum absolute atomic E-state index is 0.122. The molecule has 1 unspecified atom stereocenters. The Morgan fingerprint density at radius 3 is 1.59 bits per heavy atom. The predicted molar refractivity (Wildman–Crippen MR) is 259 cm³/mol. The Morgan fingerprint density at radius 2 is 0.873 bits per heavy atom. The Hall–Kier alpha value is -7.88. The summed E-state index contributed by atoms with van der Waals surface area (Å²) in [6.07, 6.45) is 0. The third kappa shape index (κ3) is 4.91. The van der Waals surface area contributed by atoms with Gasteiger partial charge in [0.05, 0.1) is 5.69 Å². The zero-order chi connectivity index (χ0) is 41.9. The van der Waals surface area contributed by atoms with Crippen molar-refractivity contribution >= 4 is 45.1 Å². The highest BCUT2D eigenvalue weighted by Gasteiger charge is 2.56. The van der Waals surface area contributed by atoms with Gasteiger partial charge in [0, 0.05) is 50.4 Å². The van der Waals surface area contributed by atoms with Crippen LogP contribution in [-0.2, 0) is 10.8 Å². The lowest BCUT2D eigenvalue weighted by atomic mass is 9.73. The van der Waals surface area contributed by atoms with Crippen molar-refractivity contribution in [3.63, 3.8) is 0 Å². The Balaban J connectivity index is 1.06. The van der Waals surface area contributed by atoms with Crippen LogP contribution in [0.1, 0.15) is 47.4 Å². The van der Waals surface area contributed by atoms with E-state index in [4.69, 9.17) is 4.42 Å². The molecule has 0 fully saturated rings. The van der Waals surface area contributed by atoms with Crippen molar-refractivity contribution in [1.29, 1.82) is 0 Å². The molecule has 1 aromatic heterocycles. The van der Waals surface area contributed by atoms with E-state index in [1.165, 1.54) is 55.6 Å². The van der Waals surface area contributed by atoms with Crippen LogP contribution < -0.4 is 9.80 Å². The fourth-order valence-electron chi connectivity index (χ4n) is 11.4. The van der Waals surface area contributed by atoms with Crippen LogP contribution in [0.15, 0.2) is 223 Å². The first kappa shape index (κ1) is 35.8. The van der Waals surface area contributed by atoms with E-state index >= 15 is 0 Å². The van der Waals surface area contributed by atoms with Crippen LogP contribution in [-0.4, -0.2) is 0 Å². The summed E-state index contributed by atoms with van der Waals surface area (Å²) in [7, 11) is 0. The summed E-state index contributed by atoms with van der Waals surface area (Å²) >= 11 is 0. The topological polar surface area (TPSA) is 19.6 Å². The first-order chi connectivity index (χ1) is 31.0. The number of furan rings is 1. The molecule has 9 aromatic carbocycles. The average molecular weight is 807 g/mol. The van der Waals surface area contributed by atoms with Gasteiger partial charge < -0.3 is 14.2 Å². The van der Waals surface area contributed by atoms with Gasteiger partial charge in [0.1, 0.15) is 16.8 Å². The number of benzene rings is 9. The summed E-state index contributed by atoms with van der Waals surface area (Å²) in [5.74, 6) is 0.978. The van der Waals surface area contributed by atoms with Crippen LogP contribution in [0.5, 0.6) is 0 Å². The lowest BCUT2D eigenvalue weighted by Gasteiger charge is -2.31. The minimum Gasteiger partial charge on any atom is -0.459 e. The van der Waals surface area contributed by atoms with Crippen molar-refractivity contribution in [1.82, 2.24) is 0 Å². The van der Waals surface area contributed by atoms with E-state index in [-0.39, 0.29) is 5.41 Å². The molecule has 3 aliphatic carbocycles. The van der Waals surface area contributed by atoms with Gasteiger partial charge >= 0.3 is 0 Å². The van der Waals surface area contributed by atoms with Crippen molar-refractivity contribution in [3.8, 4) is 33.4 Å². The van der Waals surface area contributed by atoms with Crippen molar-refractivity contribution in [2.75, 3.05) is 9.80 Å². The first-order valence-electron chi connectivity index (χ1n) is 21.9. The molecule has 298 valence electrons. The third-order valence-electron chi connectivity index (χ3n) is 14.0. The Morgan fingerprint density at radius 1 is 0.349 bits per heavy atom. The first-order valence-corrected chi connectivity index (χ1v) is 21.9. The Kier molecular flexibility index (Phi) is 7.57. The average Bonchev–Trinajstić information content (AvgIpc) is 4.02. The van der Waals surface area contributed by atoms with Crippen LogP contribution in [0.4, 0.5) is 34.1 Å². The Labute approximate surface area is 367 Å². The zero-order valence-corrected chi connectivity index (χ0v) is 35.1. The normalized spacial score (nSPS) is 15.7. The second kappa shape index (κ2) is 13.3. The molecule has 3 heteroatoms. The highest BCUT2D eigenvalue weighted by molar-refractivity contribution is 6.09. The van der Waals surface area contributed by atoms with Gasteiger partial charge in [-0.1, -0.05) is 159 Å². The molecule has 13 rings (SSSR count). The number of fused-ring (bicyclic) bond motifs is 15. The number of hydrogen-bond donors (Lipinski definition) is 0. The van der Waals surface area contributed by atoms with Gasteiger partial charge in [-0.05, 0) is 123 Å². The summed E-state index contributed by atoms with van der Waals surface area (Å²) in [6, 6.07) is 79.8. The molecule has 3 nitrogen and oxygen atoms in total. The number of nitrogens with zero attached hydrogens (tertiary/aromatic N) is 2. The number of anilines is 6. The SMILES string of the molecule is CC1(C)c2ccccc2-c2ccc(N(c3ccccc3)c3ccc4c(c3)-c3ccccc3C43c4cccc(N(c5ccccc5)c5ccccc5)c4-c4c3oc3ccccc43)cc21. The molecule has 0 bridgehead atoms. The van der Waals surface area contributed by atoms with Gasteiger partial charge in [-0.2, -0.15) is 0 Å². The fourth-order valence-corrected chi connectivity index (χ4v) is 11.4. The van der Waals surface area contributed by atoms with Gasteiger partial charge in [0.15, 0.2) is 0 Å². The van der Waals surface area contributed by atoms with Gasteiger partial charge in [-0.25, -0.2) is 0 Å². The van der Waals surface area contributed by atoms with Gasteiger partial charge in [-0.15, -0.1) is 0 Å². The van der Waals surface area contributed by atoms with E-state index in [2.05, 4.69) is 242 Å². The summed E-state index contributed by atoms with van der Waals surface area (Å²) < 4.78 is 7.27. The van der Waals surface area contributed by atoms with E-state index in [0.29, 0.717) is 0 Å². The Bertz CT molecular complexity index is 3400. The van der Waals surface area contributed by atoms with Crippen molar-refractivity contribution in [2.45, 2.75) is 24.7 Å². The third-order valence-corrected chi connectivity index (χ3v) is 14.0. The molecule has 0 saturated heterocycles. The van der Waals surface area contributed by atoms with Gasteiger partial charge in [0.25, 0.3) is 0 Å². The van der Waals surface area contributed by atoms with Crippen LogP contribution in [0.3, 0.4) is 0 Å². The maximum absolute atomic E-state index is 7.27. The summed E-state index contributed by atoms with van der Waals surface area (Å²) in [5.41, 5.74) is 20.6. The second-order valence-electron chi connectivity index (χ2n) is 17.6. The predicted octanol–water partition coefficient (Wildman–Crippen LogP) is 16.0. The van der Waals surface area contributed by atoms with Crippen LogP contribution in [0.25, 0.3) is 44.3 Å². The van der Waals surface area contributed by atoms with E-state index in [1.807, 2.05) is 0 Å². The summed E-state index contributed by atoms with van der Waals surface area (Å²) in [6.45, 7) is 4.71. The number of hydrogen-bond acceptors (Lipinski definition) is 3. The lowest BCUT2D eigenvalue weighted by Crippen LogP contribution is -2.25. The number of para-hydroxylation sites is 4. The van der Waals surface area contributed by atoms with Gasteiger partial charge in [-0.3, -0.25) is 0 Å². The largest absolute Gasteiger partial charge is 0.459 e. The van der Waals surface area contributed by atoms with Gasteiger partial charge in [0.2, 0.25) is 0 Å². The maximum Gasteiger partial charge on any atom is 0.135 e. The molecule has 0 saturated carbocycles. The standard InChI is InChI=1S/C60H42N2O/c1-59(2)49-28-15-12-25-44(49)46-35-33-43(38-53(46)59)61(39-19-6-3-7-20-39)42-34-36-51-48(37-42)45-26-13-16-29-50(45)60(51)52-30-18-31-54(57(52)56-47-27-14-17-32-55(47)63-58(56)60)62(40-21-8-4-9-22-40)41-23-10-5-11-24-41/h3-38H,1-2H3. The van der Waals surface area contributed by atoms with Crippen LogP contribution >= 0.6 is 0 Å². The lowest BCUT2D eigenvalue weighted by molar-refractivity contribution is 0.507. The molecule has 1 spiro atoms. The van der Waals surface area contributed by atoms with E-state index in [0.717, 1.165) is 56.4 Å². The zero-order valence-electron chi connectivity index (χ0n) is 35.1. The summed E-state index contributed by atoms with van der Waals surface area (Å²) in [4.78, 5) is 4.83. The molecule has 0 radical (unpaired) electrons. The minimum atomic E-state index is -0.690. The van der Waals surface area contributed by atoms with Crippen molar-refractivity contribution < 1.29 is 4.42 Å².